The summed E-state index contributed by atoms with van der Waals surface area (Å²) < 4.78 is 6.82. The van der Waals surface area contributed by atoms with Crippen LogP contribution in [0, 0.1) is 0 Å². The molecule has 1 aromatic rings. The molecule has 1 unspecified atom stereocenters. The maximum atomic E-state index is 11.8. The van der Waals surface area contributed by atoms with Gasteiger partial charge in [0, 0.05) is 16.5 Å². The van der Waals surface area contributed by atoms with Crippen molar-refractivity contribution >= 4 is 55.1 Å². The summed E-state index contributed by atoms with van der Waals surface area (Å²) in [5.74, 6) is 0.412. The Balaban J connectivity index is 2.07. The maximum absolute atomic E-state index is 11.8. The zero-order valence-electron chi connectivity index (χ0n) is 9.50. The van der Waals surface area contributed by atoms with Crippen LogP contribution in [0.25, 0.3) is 0 Å². The number of hydrogen-bond donors (Lipinski definition) is 2. The van der Waals surface area contributed by atoms with E-state index in [0.717, 1.165) is 13.1 Å². The van der Waals surface area contributed by atoms with Gasteiger partial charge in [0.1, 0.15) is 6.04 Å². The lowest BCUT2D eigenvalue weighted by Crippen LogP contribution is -2.26. The Hall–Kier alpha value is -0.440. The molecule has 1 saturated heterocycles. The molecule has 0 aromatic carbocycles. The van der Waals surface area contributed by atoms with Gasteiger partial charge in [-0.15, -0.1) is 11.3 Å². The van der Waals surface area contributed by atoms with Crippen molar-refractivity contribution in [1.29, 1.82) is 0 Å². The monoisotopic (exact) mass is 395 g/mol. The van der Waals surface area contributed by atoms with Gasteiger partial charge in [-0.05, 0) is 37.9 Å². The summed E-state index contributed by atoms with van der Waals surface area (Å²) in [6, 6.07) is 1.54. The van der Waals surface area contributed by atoms with Gasteiger partial charge in [0.25, 0.3) is 5.91 Å². The van der Waals surface area contributed by atoms with Gasteiger partial charge in [-0.3, -0.25) is 15.1 Å². The van der Waals surface area contributed by atoms with Gasteiger partial charge in [0.15, 0.2) is 5.96 Å². The maximum Gasteiger partial charge on any atom is 0.254 e. The number of amides is 1. The molecular weight excluding hydrogens is 386 g/mol. The van der Waals surface area contributed by atoms with Gasteiger partial charge in [0.05, 0.1) is 16.9 Å². The van der Waals surface area contributed by atoms with Crippen molar-refractivity contribution in [2.24, 2.45) is 4.99 Å². The van der Waals surface area contributed by atoms with Crippen LogP contribution in [0.3, 0.4) is 0 Å². The van der Waals surface area contributed by atoms with Gasteiger partial charge in [-0.2, -0.15) is 0 Å². The molecule has 2 N–H and O–H groups in total. The predicted molar refractivity (Wildman–Crippen MR) is 77.9 cm³/mol. The molecule has 98 valence electrons. The van der Waals surface area contributed by atoms with Gasteiger partial charge < -0.3 is 10.1 Å². The van der Waals surface area contributed by atoms with Crippen molar-refractivity contribution in [3.63, 3.8) is 0 Å². The SMILES string of the molecule is COCCN=C1NC(=O)C(c2cc(Br)c(Br)s2)N1. The van der Waals surface area contributed by atoms with Crippen molar-refractivity contribution in [2.75, 3.05) is 20.3 Å². The van der Waals surface area contributed by atoms with Gasteiger partial charge in [-0.1, -0.05) is 0 Å². The molecule has 0 radical (unpaired) electrons. The quantitative estimate of drug-likeness (QED) is 0.765. The number of methoxy groups -OCH3 is 1. The van der Waals surface area contributed by atoms with Crippen LogP contribution < -0.4 is 10.6 Å². The molecule has 0 spiro atoms. The average molecular weight is 397 g/mol. The van der Waals surface area contributed by atoms with E-state index in [1.54, 1.807) is 7.11 Å². The second kappa shape index (κ2) is 6.14. The molecule has 1 fully saturated rings. The molecule has 8 heteroatoms. The Labute approximate surface area is 125 Å². The molecule has 1 aliphatic rings. The summed E-state index contributed by atoms with van der Waals surface area (Å²) in [6.07, 6.45) is 0. The van der Waals surface area contributed by atoms with Crippen molar-refractivity contribution in [2.45, 2.75) is 6.04 Å². The first kappa shape index (κ1) is 14.0. The average Bonchev–Trinajstić information content (AvgIpc) is 2.84. The zero-order chi connectivity index (χ0) is 13.1. The van der Waals surface area contributed by atoms with E-state index >= 15 is 0 Å². The van der Waals surface area contributed by atoms with E-state index in [2.05, 4.69) is 47.5 Å². The fourth-order valence-electron chi connectivity index (χ4n) is 1.47. The number of guanidine groups is 1. The minimum Gasteiger partial charge on any atom is -0.383 e. The summed E-state index contributed by atoms with van der Waals surface area (Å²) in [7, 11) is 1.62. The van der Waals surface area contributed by atoms with Gasteiger partial charge in [-0.25, -0.2) is 0 Å². The fourth-order valence-corrected chi connectivity index (χ4v) is 3.61. The highest BCUT2D eigenvalue weighted by Crippen LogP contribution is 2.36. The molecule has 0 saturated carbocycles. The molecule has 0 bridgehead atoms. The van der Waals surface area contributed by atoms with Crippen LogP contribution in [0.2, 0.25) is 0 Å². The summed E-state index contributed by atoms with van der Waals surface area (Å²) in [6.45, 7) is 1.05. The number of ether oxygens (including phenoxy) is 1. The van der Waals surface area contributed by atoms with Crippen LogP contribution in [-0.4, -0.2) is 32.1 Å². The van der Waals surface area contributed by atoms with Crippen LogP contribution in [-0.2, 0) is 9.53 Å². The highest BCUT2D eigenvalue weighted by Gasteiger charge is 2.31. The van der Waals surface area contributed by atoms with Crippen molar-refractivity contribution in [1.82, 2.24) is 10.6 Å². The lowest BCUT2D eigenvalue weighted by molar-refractivity contribution is -0.120. The second-order valence-corrected chi connectivity index (χ2v) is 6.82. The number of rotatable bonds is 4. The molecular formula is C10H11Br2N3O2S. The van der Waals surface area contributed by atoms with E-state index < -0.39 is 0 Å². The number of aliphatic imine (C=N–C) groups is 1. The molecule has 5 nitrogen and oxygen atoms in total. The van der Waals surface area contributed by atoms with Crippen molar-refractivity contribution in [3.05, 3.63) is 19.2 Å². The van der Waals surface area contributed by atoms with Crippen LogP contribution >= 0.6 is 43.2 Å². The summed E-state index contributed by atoms with van der Waals surface area (Å²) in [5, 5.41) is 5.77. The van der Waals surface area contributed by atoms with E-state index in [9.17, 15) is 4.79 Å². The van der Waals surface area contributed by atoms with E-state index in [0.29, 0.717) is 19.1 Å². The van der Waals surface area contributed by atoms with Crippen LogP contribution in [0.4, 0.5) is 0 Å². The van der Waals surface area contributed by atoms with Crippen LogP contribution in [0.15, 0.2) is 19.3 Å². The predicted octanol–water partition coefficient (Wildman–Crippen LogP) is 2.04. The third-order valence-corrected chi connectivity index (χ3v) is 5.62. The first-order valence-corrected chi connectivity index (χ1v) is 7.57. The van der Waals surface area contributed by atoms with E-state index in [-0.39, 0.29) is 11.9 Å². The first-order chi connectivity index (χ1) is 8.61. The van der Waals surface area contributed by atoms with E-state index in [1.165, 1.54) is 11.3 Å². The summed E-state index contributed by atoms with van der Waals surface area (Å²) >= 11 is 8.33. The highest BCUT2D eigenvalue weighted by molar-refractivity contribution is 9.13. The van der Waals surface area contributed by atoms with Crippen molar-refractivity contribution in [3.8, 4) is 0 Å². The molecule has 18 heavy (non-hydrogen) atoms. The second-order valence-electron chi connectivity index (χ2n) is 3.56. The van der Waals surface area contributed by atoms with E-state index in [4.69, 9.17) is 4.74 Å². The molecule has 1 aliphatic heterocycles. The molecule has 1 atom stereocenters. The molecule has 2 heterocycles. The van der Waals surface area contributed by atoms with E-state index in [1.807, 2.05) is 6.07 Å². The normalized spacial score (nSPS) is 21.2. The first-order valence-electron chi connectivity index (χ1n) is 5.17. The lowest BCUT2D eigenvalue weighted by atomic mass is 10.2. The molecule has 1 amide bonds. The summed E-state index contributed by atoms with van der Waals surface area (Å²) in [5.41, 5.74) is 0. The smallest absolute Gasteiger partial charge is 0.254 e. The minimum atomic E-state index is -0.376. The van der Waals surface area contributed by atoms with Crippen molar-refractivity contribution < 1.29 is 9.53 Å². The fraction of sp³-hybridized carbons (Fsp3) is 0.400. The third-order valence-electron chi connectivity index (χ3n) is 2.30. The molecule has 2 rings (SSSR count). The Morgan fingerprint density at radius 3 is 2.94 bits per heavy atom. The minimum absolute atomic E-state index is 0.0904. The Kier molecular flexibility index (Phi) is 4.77. The summed E-state index contributed by atoms with van der Waals surface area (Å²) in [4.78, 5) is 17.0. The largest absolute Gasteiger partial charge is 0.383 e. The Morgan fingerprint density at radius 1 is 1.56 bits per heavy atom. The number of hydrogen-bond acceptors (Lipinski definition) is 4. The highest BCUT2D eigenvalue weighted by atomic mass is 79.9. The lowest BCUT2D eigenvalue weighted by Gasteiger charge is -2.03. The number of halogens is 2. The molecule has 0 aliphatic carbocycles. The molecule has 1 aromatic heterocycles. The number of carbonyl (C=O) groups excluding carboxylic acids is 1. The van der Waals surface area contributed by atoms with Crippen LogP contribution in [0.1, 0.15) is 10.9 Å². The number of thiophene rings is 1. The number of carbonyl (C=O) groups is 1. The number of nitrogens with one attached hydrogen (secondary N) is 2. The zero-order valence-corrected chi connectivity index (χ0v) is 13.5. The topological polar surface area (TPSA) is 62.7 Å². The standard InChI is InChI=1S/C10H11Br2N3O2S/c1-17-3-2-13-10-14-7(9(16)15-10)6-4-5(11)8(12)18-6/h4,7H,2-3H2,1H3,(H2,13,14,15,16). The van der Waals surface area contributed by atoms with Gasteiger partial charge in [0.2, 0.25) is 0 Å². The Morgan fingerprint density at radius 2 is 2.33 bits per heavy atom. The Bertz CT molecular complexity index is 470. The third kappa shape index (κ3) is 3.11. The van der Waals surface area contributed by atoms with Crippen LogP contribution in [0.5, 0.6) is 0 Å². The van der Waals surface area contributed by atoms with Gasteiger partial charge >= 0.3 is 0 Å². The number of nitrogens with zero attached hydrogens (tertiary/aromatic N) is 1.